The summed E-state index contributed by atoms with van der Waals surface area (Å²) in [5, 5.41) is 9.55. The first kappa shape index (κ1) is 11.7. The van der Waals surface area contributed by atoms with E-state index in [0.717, 1.165) is 12.1 Å². The molecule has 0 amide bonds. The number of hydrazone groups is 1. The molecule has 0 bridgehead atoms. The van der Waals surface area contributed by atoms with Crippen molar-refractivity contribution in [3.8, 4) is 0 Å². The number of hydrogen-bond acceptors (Lipinski definition) is 2. The van der Waals surface area contributed by atoms with Gasteiger partial charge < -0.3 is 5.32 Å². The Labute approximate surface area is 95.8 Å². The number of nitrogens with zero attached hydrogens (tertiary/aromatic N) is 2. The topological polar surface area (TPSA) is 27.6 Å². The number of rotatable bonds is 3. The van der Waals surface area contributed by atoms with Crippen LogP contribution in [0.1, 0.15) is 12.5 Å². The van der Waals surface area contributed by atoms with Gasteiger partial charge in [-0.3, -0.25) is 0 Å². The maximum absolute atomic E-state index is 5.09. The van der Waals surface area contributed by atoms with E-state index in [9.17, 15) is 0 Å². The molecule has 1 aromatic rings. The lowest BCUT2D eigenvalue weighted by Crippen LogP contribution is -2.33. The highest BCUT2D eigenvalue weighted by Gasteiger charge is 2.01. The van der Waals surface area contributed by atoms with E-state index in [-0.39, 0.29) is 0 Å². The van der Waals surface area contributed by atoms with Crippen LogP contribution in [0.15, 0.2) is 35.4 Å². The van der Waals surface area contributed by atoms with Crippen LogP contribution in [-0.4, -0.2) is 29.9 Å². The van der Waals surface area contributed by atoms with Crippen LogP contribution in [0.2, 0.25) is 0 Å². The van der Waals surface area contributed by atoms with Gasteiger partial charge in [-0.25, -0.2) is 5.01 Å². The van der Waals surface area contributed by atoms with Gasteiger partial charge >= 0.3 is 0 Å². The fourth-order valence-corrected chi connectivity index (χ4v) is 1.26. The third-order valence-corrected chi connectivity index (χ3v) is 2.31. The molecular formula is C11H15N3S. The summed E-state index contributed by atoms with van der Waals surface area (Å²) in [5.41, 5.74) is 1.06. The lowest BCUT2D eigenvalue weighted by Gasteiger charge is -2.16. The molecule has 1 aromatic carbocycles. The highest BCUT2D eigenvalue weighted by molar-refractivity contribution is 7.80. The lowest BCUT2D eigenvalue weighted by atomic mass is 10.2. The van der Waals surface area contributed by atoms with Crippen molar-refractivity contribution < 1.29 is 0 Å². The molecule has 0 atom stereocenters. The highest BCUT2D eigenvalue weighted by atomic mass is 32.1. The summed E-state index contributed by atoms with van der Waals surface area (Å²) in [4.78, 5) is 0. The summed E-state index contributed by atoms with van der Waals surface area (Å²) in [6.45, 7) is 2.76. The Bertz CT molecular complexity index is 335. The molecule has 4 heteroatoms. The molecule has 1 rings (SSSR count). The normalized spacial score (nSPS) is 10.3. The third-order valence-electron chi connectivity index (χ3n) is 1.89. The second-order valence-corrected chi connectivity index (χ2v) is 3.31. The molecule has 80 valence electrons. The van der Waals surface area contributed by atoms with Gasteiger partial charge in [0.1, 0.15) is 0 Å². The molecule has 0 unspecified atom stereocenters. The monoisotopic (exact) mass is 221 g/mol. The number of hydrogen-bond donors (Lipinski definition) is 1. The van der Waals surface area contributed by atoms with Gasteiger partial charge in [-0.2, -0.15) is 5.10 Å². The van der Waals surface area contributed by atoms with E-state index in [1.165, 1.54) is 0 Å². The molecule has 0 aliphatic rings. The average Bonchev–Trinajstić information content (AvgIpc) is 2.31. The van der Waals surface area contributed by atoms with Gasteiger partial charge in [0.15, 0.2) is 5.11 Å². The van der Waals surface area contributed by atoms with Crippen molar-refractivity contribution in [3.63, 3.8) is 0 Å². The largest absolute Gasteiger partial charge is 0.364 e. The van der Waals surface area contributed by atoms with E-state index in [0.29, 0.717) is 5.11 Å². The fourth-order valence-electron chi connectivity index (χ4n) is 1.08. The van der Waals surface area contributed by atoms with Crippen molar-refractivity contribution in [2.24, 2.45) is 5.10 Å². The van der Waals surface area contributed by atoms with Gasteiger partial charge in [0.25, 0.3) is 0 Å². The molecular weight excluding hydrogens is 206 g/mol. The molecule has 0 spiro atoms. The predicted molar refractivity (Wildman–Crippen MR) is 68.1 cm³/mol. The van der Waals surface area contributed by atoms with E-state index < -0.39 is 0 Å². The SMILES string of the molecule is CCN(/N=C/c1ccccc1)C(=S)NC. The Morgan fingerprint density at radius 2 is 2.13 bits per heavy atom. The highest BCUT2D eigenvalue weighted by Crippen LogP contribution is 1.96. The standard InChI is InChI=1S/C11H15N3S/c1-3-14(11(15)12-2)13-9-10-7-5-4-6-8-10/h4-9H,3H2,1-2H3,(H,12,15)/b13-9+. The summed E-state index contributed by atoms with van der Waals surface area (Å²) in [5.74, 6) is 0. The molecule has 3 nitrogen and oxygen atoms in total. The lowest BCUT2D eigenvalue weighted by molar-refractivity contribution is 0.468. The summed E-state index contributed by atoms with van der Waals surface area (Å²) in [7, 11) is 1.79. The molecule has 0 fully saturated rings. The molecule has 0 aliphatic heterocycles. The van der Waals surface area contributed by atoms with Gasteiger partial charge in [-0.1, -0.05) is 30.3 Å². The van der Waals surface area contributed by atoms with E-state index in [1.54, 1.807) is 18.3 Å². The maximum atomic E-state index is 5.09. The average molecular weight is 221 g/mol. The van der Waals surface area contributed by atoms with Crippen LogP contribution in [0.5, 0.6) is 0 Å². The van der Waals surface area contributed by atoms with Crippen molar-refractivity contribution in [1.29, 1.82) is 0 Å². The fraction of sp³-hybridized carbons (Fsp3) is 0.273. The molecule has 1 N–H and O–H groups in total. The third kappa shape index (κ3) is 3.67. The van der Waals surface area contributed by atoms with Crippen LogP contribution in [0.3, 0.4) is 0 Å². The zero-order valence-corrected chi connectivity index (χ0v) is 9.79. The van der Waals surface area contributed by atoms with E-state index in [4.69, 9.17) is 12.2 Å². The molecule has 0 heterocycles. The Morgan fingerprint density at radius 3 is 2.67 bits per heavy atom. The molecule has 0 radical (unpaired) electrons. The van der Waals surface area contributed by atoms with E-state index >= 15 is 0 Å². The zero-order valence-electron chi connectivity index (χ0n) is 8.97. The van der Waals surface area contributed by atoms with Crippen molar-refractivity contribution in [1.82, 2.24) is 10.3 Å². The molecule has 0 aromatic heterocycles. The van der Waals surface area contributed by atoms with Crippen molar-refractivity contribution in [2.75, 3.05) is 13.6 Å². The number of benzene rings is 1. The molecule has 0 aliphatic carbocycles. The predicted octanol–water partition coefficient (Wildman–Crippen LogP) is 1.85. The first-order valence-corrected chi connectivity index (χ1v) is 5.27. The van der Waals surface area contributed by atoms with Gasteiger partial charge in [-0.15, -0.1) is 0 Å². The van der Waals surface area contributed by atoms with Gasteiger partial charge in [0.05, 0.1) is 6.21 Å². The maximum Gasteiger partial charge on any atom is 0.189 e. The minimum atomic E-state index is 0.629. The Kier molecular flexibility index (Phi) is 4.77. The molecule has 15 heavy (non-hydrogen) atoms. The van der Waals surface area contributed by atoms with Crippen LogP contribution in [-0.2, 0) is 0 Å². The van der Waals surface area contributed by atoms with Crippen molar-refractivity contribution >= 4 is 23.5 Å². The minimum absolute atomic E-state index is 0.629. The van der Waals surface area contributed by atoms with Crippen LogP contribution in [0.4, 0.5) is 0 Å². The van der Waals surface area contributed by atoms with Gasteiger partial charge in [0, 0.05) is 13.6 Å². The molecule has 0 saturated heterocycles. The molecule has 0 saturated carbocycles. The number of thiocarbonyl (C=S) groups is 1. The Balaban J connectivity index is 2.67. The van der Waals surface area contributed by atoms with Crippen LogP contribution < -0.4 is 5.32 Å². The second-order valence-electron chi connectivity index (χ2n) is 2.93. The van der Waals surface area contributed by atoms with Crippen LogP contribution >= 0.6 is 12.2 Å². The first-order chi connectivity index (χ1) is 7.27. The summed E-state index contributed by atoms with van der Waals surface area (Å²) >= 11 is 5.09. The van der Waals surface area contributed by atoms with E-state index in [1.807, 2.05) is 37.3 Å². The Hall–Kier alpha value is -1.42. The number of nitrogens with one attached hydrogen (secondary N) is 1. The zero-order chi connectivity index (χ0) is 11.1. The summed E-state index contributed by atoms with van der Waals surface area (Å²) < 4.78 is 0. The van der Waals surface area contributed by atoms with Gasteiger partial charge in [0.2, 0.25) is 0 Å². The second kappa shape index (κ2) is 6.14. The summed E-state index contributed by atoms with van der Waals surface area (Å²) in [6.07, 6.45) is 1.80. The summed E-state index contributed by atoms with van der Waals surface area (Å²) in [6, 6.07) is 9.94. The quantitative estimate of drug-likeness (QED) is 0.479. The van der Waals surface area contributed by atoms with E-state index in [2.05, 4.69) is 10.4 Å². The van der Waals surface area contributed by atoms with Crippen LogP contribution in [0, 0.1) is 0 Å². The van der Waals surface area contributed by atoms with Gasteiger partial charge in [-0.05, 0) is 24.7 Å². The smallest absolute Gasteiger partial charge is 0.189 e. The first-order valence-electron chi connectivity index (χ1n) is 4.86. The van der Waals surface area contributed by atoms with Crippen molar-refractivity contribution in [2.45, 2.75) is 6.92 Å². The van der Waals surface area contributed by atoms with Crippen LogP contribution in [0.25, 0.3) is 0 Å². The minimum Gasteiger partial charge on any atom is -0.364 e. The Morgan fingerprint density at radius 1 is 1.47 bits per heavy atom. The van der Waals surface area contributed by atoms with Crippen molar-refractivity contribution in [3.05, 3.63) is 35.9 Å².